The quantitative estimate of drug-likeness (QED) is 0.834. The number of H-pyrrole nitrogens is 1. The normalized spacial score (nSPS) is 22.3. The van der Waals surface area contributed by atoms with Crippen LogP contribution in [-0.2, 0) is 27.2 Å². The summed E-state index contributed by atoms with van der Waals surface area (Å²) in [7, 11) is 1.42. The van der Waals surface area contributed by atoms with Crippen LogP contribution in [0.3, 0.4) is 0 Å². The zero-order valence-corrected chi connectivity index (χ0v) is 13.2. The number of methoxy groups -OCH3 is 1. The molecule has 1 saturated heterocycles. The van der Waals surface area contributed by atoms with Gasteiger partial charge in [0.05, 0.1) is 18.7 Å². The van der Waals surface area contributed by atoms with E-state index >= 15 is 0 Å². The van der Waals surface area contributed by atoms with Gasteiger partial charge in [0.2, 0.25) is 5.91 Å². The highest BCUT2D eigenvalue weighted by Gasteiger charge is 2.33. The van der Waals surface area contributed by atoms with Gasteiger partial charge in [0.15, 0.2) is 0 Å². The first-order valence-electron chi connectivity index (χ1n) is 7.99. The third kappa shape index (κ3) is 2.87. The standard InChI is InChI=1S/C16H23N3O3/c1-10-17-13-4-3-12(9-14(13)18-10)15(20)19-7-5-11(6-8-19)16(21)22-2/h11-12H,3-9H2,1-2H3,(H,17,18). The van der Waals surface area contributed by atoms with Crippen molar-refractivity contribution in [2.45, 2.75) is 39.0 Å². The van der Waals surface area contributed by atoms with Gasteiger partial charge in [-0.2, -0.15) is 0 Å². The molecule has 6 heteroatoms. The molecule has 0 radical (unpaired) electrons. The Balaban J connectivity index is 1.58. The second-order valence-electron chi connectivity index (χ2n) is 6.31. The largest absolute Gasteiger partial charge is 0.469 e. The number of aryl methyl sites for hydroxylation is 2. The molecule has 0 spiro atoms. The molecule has 3 rings (SSSR count). The van der Waals surface area contributed by atoms with E-state index in [9.17, 15) is 9.59 Å². The molecule has 1 aliphatic carbocycles. The Morgan fingerprint density at radius 3 is 2.64 bits per heavy atom. The van der Waals surface area contributed by atoms with Crippen molar-refractivity contribution in [2.75, 3.05) is 20.2 Å². The summed E-state index contributed by atoms with van der Waals surface area (Å²) in [5.41, 5.74) is 2.23. The molecule has 1 N–H and O–H groups in total. The number of hydrogen-bond acceptors (Lipinski definition) is 4. The molecule has 0 saturated carbocycles. The summed E-state index contributed by atoms with van der Waals surface area (Å²) in [5, 5.41) is 0. The van der Waals surface area contributed by atoms with Gasteiger partial charge < -0.3 is 14.6 Å². The number of nitrogens with zero attached hydrogens (tertiary/aromatic N) is 2. The molecule has 0 aromatic carbocycles. The molecule has 2 aliphatic rings. The molecule has 6 nitrogen and oxygen atoms in total. The van der Waals surface area contributed by atoms with E-state index in [1.54, 1.807) is 0 Å². The highest BCUT2D eigenvalue weighted by Crippen LogP contribution is 2.27. The number of carbonyl (C=O) groups is 2. The van der Waals surface area contributed by atoms with E-state index in [1.807, 2.05) is 11.8 Å². The number of fused-ring (bicyclic) bond motifs is 1. The molecule has 1 amide bonds. The van der Waals surface area contributed by atoms with Crippen LogP contribution in [0.5, 0.6) is 0 Å². The van der Waals surface area contributed by atoms with Crippen molar-refractivity contribution >= 4 is 11.9 Å². The number of hydrogen-bond donors (Lipinski definition) is 1. The third-order valence-electron chi connectivity index (χ3n) is 4.85. The van der Waals surface area contributed by atoms with Crippen LogP contribution >= 0.6 is 0 Å². The van der Waals surface area contributed by atoms with E-state index in [-0.39, 0.29) is 23.7 Å². The lowest BCUT2D eigenvalue weighted by Crippen LogP contribution is -2.44. The summed E-state index contributed by atoms with van der Waals surface area (Å²) in [5.74, 6) is 0.991. The van der Waals surface area contributed by atoms with Crippen LogP contribution in [0.1, 0.15) is 36.5 Å². The molecular weight excluding hydrogens is 282 g/mol. The van der Waals surface area contributed by atoms with Crippen LogP contribution in [0, 0.1) is 18.8 Å². The minimum absolute atomic E-state index is 0.0435. The zero-order valence-electron chi connectivity index (χ0n) is 13.2. The molecule has 120 valence electrons. The Morgan fingerprint density at radius 2 is 1.95 bits per heavy atom. The minimum Gasteiger partial charge on any atom is -0.469 e. The fraction of sp³-hybridized carbons (Fsp3) is 0.688. The number of imidazole rings is 1. The van der Waals surface area contributed by atoms with Crippen LogP contribution in [-0.4, -0.2) is 46.9 Å². The summed E-state index contributed by atoms with van der Waals surface area (Å²) < 4.78 is 4.79. The Bertz CT molecular complexity index is 573. The van der Waals surface area contributed by atoms with E-state index in [0.29, 0.717) is 25.9 Å². The summed E-state index contributed by atoms with van der Waals surface area (Å²) >= 11 is 0. The molecule has 1 aromatic rings. The maximum Gasteiger partial charge on any atom is 0.308 e. The fourth-order valence-electron chi connectivity index (χ4n) is 3.59. The lowest BCUT2D eigenvalue weighted by atomic mass is 9.87. The first-order chi connectivity index (χ1) is 10.6. The number of piperidine rings is 1. The molecule has 1 unspecified atom stereocenters. The van der Waals surface area contributed by atoms with Gasteiger partial charge in [0.1, 0.15) is 5.82 Å². The fourth-order valence-corrected chi connectivity index (χ4v) is 3.59. The third-order valence-corrected chi connectivity index (χ3v) is 4.85. The van der Waals surface area contributed by atoms with Crippen molar-refractivity contribution in [3.05, 3.63) is 17.2 Å². The monoisotopic (exact) mass is 305 g/mol. The number of nitrogens with one attached hydrogen (secondary N) is 1. The second kappa shape index (κ2) is 6.10. The summed E-state index contributed by atoms with van der Waals surface area (Å²) in [4.78, 5) is 33.9. The Hall–Kier alpha value is -1.85. The van der Waals surface area contributed by atoms with Gasteiger partial charge in [-0.15, -0.1) is 0 Å². The summed E-state index contributed by atoms with van der Waals surface area (Å²) in [6, 6.07) is 0. The predicted octanol–water partition coefficient (Wildman–Crippen LogP) is 1.23. The van der Waals surface area contributed by atoms with Gasteiger partial charge in [-0.25, -0.2) is 4.98 Å². The van der Waals surface area contributed by atoms with E-state index in [4.69, 9.17) is 4.74 Å². The highest BCUT2D eigenvalue weighted by molar-refractivity contribution is 5.80. The van der Waals surface area contributed by atoms with Crippen molar-refractivity contribution in [1.29, 1.82) is 0 Å². The molecule has 1 fully saturated rings. The van der Waals surface area contributed by atoms with Crippen LogP contribution in [0.2, 0.25) is 0 Å². The average Bonchev–Trinajstić information content (AvgIpc) is 2.92. The lowest BCUT2D eigenvalue weighted by molar-refractivity contribution is -0.149. The second-order valence-corrected chi connectivity index (χ2v) is 6.31. The topological polar surface area (TPSA) is 75.3 Å². The zero-order chi connectivity index (χ0) is 15.7. The van der Waals surface area contributed by atoms with Crippen molar-refractivity contribution in [2.24, 2.45) is 11.8 Å². The summed E-state index contributed by atoms with van der Waals surface area (Å²) in [6.07, 6.45) is 3.91. The Morgan fingerprint density at radius 1 is 1.23 bits per heavy atom. The molecule has 22 heavy (non-hydrogen) atoms. The number of carbonyl (C=O) groups excluding carboxylic acids is 2. The van der Waals surface area contributed by atoms with Gasteiger partial charge in [-0.05, 0) is 32.6 Å². The SMILES string of the molecule is COC(=O)C1CCN(C(=O)C2CCc3nc(C)[nH]c3C2)CC1. The van der Waals surface area contributed by atoms with Crippen molar-refractivity contribution in [3.8, 4) is 0 Å². The van der Waals surface area contributed by atoms with E-state index in [1.165, 1.54) is 7.11 Å². The van der Waals surface area contributed by atoms with Crippen molar-refractivity contribution < 1.29 is 14.3 Å². The molecular formula is C16H23N3O3. The maximum atomic E-state index is 12.7. The van der Waals surface area contributed by atoms with E-state index in [0.717, 1.165) is 36.5 Å². The number of amides is 1. The average molecular weight is 305 g/mol. The van der Waals surface area contributed by atoms with Gasteiger partial charge in [0, 0.05) is 31.1 Å². The minimum atomic E-state index is -0.151. The molecule has 0 bridgehead atoms. The van der Waals surface area contributed by atoms with Crippen LogP contribution in [0.25, 0.3) is 0 Å². The molecule has 1 aliphatic heterocycles. The molecule has 1 atom stereocenters. The first kappa shape index (κ1) is 15.1. The highest BCUT2D eigenvalue weighted by atomic mass is 16.5. The number of likely N-dealkylation sites (tertiary alicyclic amines) is 1. The number of ether oxygens (including phenoxy) is 1. The first-order valence-corrected chi connectivity index (χ1v) is 7.99. The van der Waals surface area contributed by atoms with Gasteiger partial charge >= 0.3 is 5.97 Å². The Labute approximate surface area is 130 Å². The number of rotatable bonds is 2. The van der Waals surface area contributed by atoms with Gasteiger partial charge in [-0.3, -0.25) is 9.59 Å². The van der Waals surface area contributed by atoms with Crippen molar-refractivity contribution in [1.82, 2.24) is 14.9 Å². The van der Waals surface area contributed by atoms with Crippen molar-refractivity contribution in [3.63, 3.8) is 0 Å². The van der Waals surface area contributed by atoms with Crippen LogP contribution in [0.15, 0.2) is 0 Å². The molecule has 2 heterocycles. The van der Waals surface area contributed by atoms with Gasteiger partial charge in [0.25, 0.3) is 0 Å². The lowest BCUT2D eigenvalue weighted by Gasteiger charge is -2.34. The van der Waals surface area contributed by atoms with Gasteiger partial charge in [-0.1, -0.05) is 0 Å². The Kier molecular flexibility index (Phi) is 4.18. The maximum absolute atomic E-state index is 12.7. The predicted molar refractivity (Wildman–Crippen MR) is 80.2 cm³/mol. The number of aromatic amines is 1. The van der Waals surface area contributed by atoms with Crippen LogP contribution in [0.4, 0.5) is 0 Å². The van der Waals surface area contributed by atoms with E-state index < -0.39 is 0 Å². The summed E-state index contributed by atoms with van der Waals surface area (Å²) in [6.45, 7) is 3.26. The number of esters is 1. The van der Waals surface area contributed by atoms with E-state index in [2.05, 4.69) is 9.97 Å². The molecule has 1 aromatic heterocycles. The number of aromatic nitrogens is 2. The smallest absolute Gasteiger partial charge is 0.308 e. The van der Waals surface area contributed by atoms with Crippen LogP contribution < -0.4 is 0 Å².